The van der Waals surface area contributed by atoms with Gasteiger partial charge < -0.3 is 5.11 Å². The second-order valence-electron chi connectivity index (χ2n) is 7.08. The summed E-state index contributed by atoms with van der Waals surface area (Å²) in [6, 6.07) is 21.0. The summed E-state index contributed by atoms with van der Waals surface area (Å²) >= 11 is 0. The van der Waals surface area contributed by atoms with Gasteiger partial charge in [0, 0.05) is 12.6 Å². The van der Waals surface area contributed by atoms with E-state index in [2.05, 4.69) is 56.8 Å². The van der Waals surface area contributed by atoms with Crippen molar-refractivity contribution in [2.45, 2.75) is 37.9 Å². The Morgan fingerprint density at radius 2 is 1.63 bits per heavy atom. The summed E-state index contributed by atoms with van der Waals surface area (Å²) in [4.78, 5) is 2.38. The van der Waals surface area contributed by atoms with Crippen LogP contribution in [0.1, 0.15) is 35.8 Å². The maximum absolute atomic E-state index is 9.85. The van der Waals surface area contributed by atoms with E-state index in [0.717, 1.165) is 31.6 Å². The molecule has 1 aliphatic heterocycles. The smallest absolute Gasteiger partial charge is 0.168 e. The Bertz CT molecular complexity index is 836. The first-order valence-corrected chi connectivity index (χ1v) is 9.55. The van der Waals surface area contributed by atoms with E-state index in [9.17, 15) is 5.11 Å². The van der Waals surface area contributed by atoms with Crippen molar-refractivity contribution in [1.82, 2.24) is 25.1 Å². The highest BCUT2D eigenvalue weighted by atomic mass is 16.3. The summed E-state index contributed by atoms with van der Waals surface area (Å²) in [6.07, 6.45) is 2.89. The zero-order valence-corrected chi connectivity index (χ0v) is 15.4. The summed E-state index contributed by atoms with van der Waals surface area (Å²) < 4.78 is 1.90. The van der Waals surface area contributed by atoms with Gasteiger partial charge >= 0.3 is 0 Å². The number of rotatable bonds is 7. The summed E-state index contributed by atoms with van der Waals surface area (Å²) in [7, 11) is 0. The van der Waals surface area contributed by atoms with Crippen LogP contribution in [0.5, 0.6) is 0 Å². The lowest BCUT2D eigenvalue weighted by Gasteiger charge is -2.28. The molecule has 0 aliphatic carbocycles. The zero-order valence-electron chi connectivity index (χ0n) is 15.4. The second kappa shape index (κ2) is 8.41. The quantitative estimate of drug-likeness (QED) is 0.698. The molecule has 0 unspecified atom stereocenters. The second-order valence-corrected chi connectivity index (χ2v) is 7.08. The van der Waals surface area contributed by atoms with Crippen LogP contribution < -0.4 is 0 Å². The number of aliphatic hydroxyl groups excluding tert-OH is 1. The predicted molar refractivity (Wildman–Crippen MR) is 103 cm³/mol. The van der Waals surface area contributed by atoms with Crippen LogP contribution in [0.4, 0.5) is 0 Å². The molecule has 27 heavy (non-hydrogen) atoms. The lowest BCUT2D eigenvalue weighted by atomic mass is 10.1. The molecular formula is C21H25N5O. The van der Waals surface area contributed by atoms with Gasteiger partial charge in [-0.1, -0.05) is 60.7 Å². The molecule has 1 aromatic heterocycles. The molecule has 0 amide bonds. The molecule has 0 bridgehead atoms. The van der Waals surface area contributed by atoms with E-state index in [1.54, 1.807) is 0 Å². The van der Waals surface area contributed by atoms with Gasteiger partial charge in [-0.15, -0.1) is 5.10 Å². The zero-order chi connectivity index (χ0) is 18.5. The van der Waals surface area contributed by atoms with Crippen LogP contribution in [0.2, 0.25) is 0 Å². The normalized spacial score (nSPS) is 20.2. The number of aromatic nitrogens is 4. The molecule has 1 fully saturated rings. The van der Waals surface area contributed by atoms with Crippen LogP contribution in [0.3, 0.4) is 0 Å². The molecule has 2 atom stereocenters. The van der Waals surface area contributed by atoms with Gasteiger partial charge in [-0.3, -0.25) is 4.90 Å². The predicted octanol–water partition coefficient (Wildman–Crippen LogP) is 2.46. The van der Waals surface area contributed by atoms with Crippen molar-refractivity contribution in [3.05, 3.63) is 77.6 Å². The van der Waals surface area contributed by atoms with E-state index in [1.165, 1.54) is 11.1 Å². The van der Waals surface area contributed by atoms with Crippen molar-refractivity contribution in [2.75, 3.05) is 13.2 Å². The molecule has 6 heteroatoms. The minimum absolute atomic E-state index is 0.143. The van der Waals surface area contributed by atoms with Crippen molar-refractivity contribution in [3.63, 3.8) is 0 Å². The van der Waals surface area contributed by atoms with E-state index in [0.29, 0.717) is 6.54 Å². The number of hydrogen-bond donors (Lipinski definition) is 1. The topological polar surface area (TPSA) is 67.1 Å². The Hall–Kier alpha value is -2.57. The molecule has 1 N–H and O–H groups in total. The molecule has 0 saturated carbocycles. The monoisotopic (exact) mass is 363 g/mol. The van der Waals surface area contributed by atoms with Gasteiger partial charge in [-0.2, -0.15) is 0 Å². The third-order valence-corrected chi connectivity index (χ3v) is 5.39. The average Bonchev–Trinajstić information content (AvgIpc) is 3.34. The van der Waals surface area contributed by atoms with E-state index in [-0.39, 0.29) is 18.7 Å². The van der Waals surface area contributed by atoms with Crippen LogP contribution in [0, 0.1) is 0 Å². The molecule has 1 saturated heterocycles. The molecule has 2 heterocycles. The lowest BCUT2D eigenvalue weighted by molar-refractivity contribution is 0.125. The summed E-state index contributed by atoms with van der Waals surface area (Å²) in [5, 5.41) is 22.4. The first-order valence-electron chi connectivity index (χ1n) is 9.55. The fourth-order valence-corrected chi connectivity index (χ4v) is 3.97. The van der Waals surface area contributed by atoms with E-state index >= 15 is 0 Å². The maximum atomic E-state index is 9.85. The first kappa shape index (κ1) is 17.8. The highest BCUT2D eigenvalue weighted by Gasteiger charge is 2.36. The third kappa shape index (κ3) is 4.07. The SMILES string of the molecule is OC[C@@H]1CC[C@@H](c2nnnn2Cc2ccccc2)N1CCc1ccccc1. The van der Waals surface area contributed by atoms with Gasteiger partial charge in [0.25, 0.3) is 0 Å². The lowest BCUT2D eigenvalue weighted by Crippen LogP contribution is -2.36. The van der Waals surface area contributed by atoms with Crippen molar-refractivity contribution in [2.24, 2.45) is 0 Å². The molecule has 1 aliphatic rings. The number of benzene rings is 2. The van der Waals surface area contributed by atoms with Crippen molar-refractivity contribution in [3.8, 4) is 0 Å². The standard InChI is InChI=1S/C21H25N5O/c27-16-19-11-12-20(25(19)14-13-17-7-3-1-4-8-17)21-22-23-24-26(21)15-18-9-5-2-6-10-18/h1-10,19-20,27H,11-16H2/t19-,20-/m0/s1. The fraction of sp³-hybridized carbons (Fsp3) is 0.381. The minimum Gasteiger partial charge on any atom is -0.395 e. The van der Waals surface area contributed by atoms with Gasteiger partial charge in [0.05, 0.1) is 19.2 Å². The van der Waals surface area contributed by atoms with Gasteiger partial charge in [-0.25, -0.2) is 4.68 Å². The summed E-state index contributed by atoms with van der Waals surface area (Å²) in [5.41, 5.74) is 2.49. The Morgan fingerprint density at radius 3 is 2.33 bits per heavy atom. The van der Waals surface area contributed by atoms with Gasteiger partial charge in [-0.05, 0) is 40.8 Å². The number of likely N-dealkylation sites (tertiary alicyclic amines) is 1. The van der Waals surface area contributed by atoms with Crippen molar-refractivity contribution < 1.29 is 5.11 Å². The largest absolute Gasteiger partial charge is 0.395 e. The Morgan fingerprint density at radius 1 is 0.926 bits per heavy atom. The van der Waals surface area contributed by atoms with Crippen LogP contribution >= 0.6 is 0 Å². The minimum atomic E-state index is 0.143. The van der Waals surface area contributed by atoms with Gasteiger partial charge in [0.15, 0.2) is 5.82 Å². The highest BCUT2D eigenvalue weighted by Crippen LogP contribution is 2.35. The van der Waals surface area contributed by atoms with Gasteiger partial charge in [0.1, 0.15) is 0 Å². The van der Waals surface area contributed by atoms with Crippen LogP contribution in [-0.4, -0.2) is 49.4 Å². The van der Waals surface area contributed by atoms with E-state index in [1.807, 2.05) is 28.9 Å². The molecule has 6 nitrogen and oxygen atoms in total. The van der Waals surface area contributed by atoms with Crippen LogP contribution in [0.25, 0.3) is 0 Å². The van der Waals surface area contributed by atoms with E-state index in [4.69, 9.17) is 0 Å². The Balaban J connectivity index is 1.52. The Labute approximate surface area is 159 Å². The molecule has 3 aromatic rings. The fourth-order valence-electron chi connectivity index (χ4n) is 3.97. The molecule has 0 radical (unpaired) electrons. The molecule has 4 rings (SSSR count). The highest BCUT2D eigenvalue weighted by molar-refractivity contribution is 5.17. The van der Waals surface area contributed by atoms with E-state index < -0.39 is 0 Å². The van der Waals surface area contributed by atoms with Gasteiger partial charge in [0.2, 0.25) is 0 Å². The van der Waals surface area contributed by atoms with Crippen LogP contribution in [0.15, 0.2) is 60.7 Å². The molecular weight excluding hydrogens is 338 g/mol. The number of tetrazole rings is 1. The molecule has 0 spiro atoms. The van der Waals surface area contributed by atoms with Crippen LogP contribution in [-0.2, 0) is 13.0 Å². The number of aliphatic hydroxyl groups is 1. The average molecular weight is 363 g/mol. The van der Waals surface area contributed by atoms with Crippen molar-refractivity contribution >= 4 is 0 Å². The third-order valence-electron chi connectivity index (χ3n) is 5.39. The number of nitrogens with zero attached hydrogens (tertiary/aromatic N) is 5. The molecule has 2 aromatic carbocycles. The number of hydrogen-bond acceptors (Lipinski definition) is 5. The maximum Gasteiger partial charge on any atom is 0.168 e. The first-order chi connectivity index (χ1) is 13.3. The molecule has 140 valence electrons. The summed E-state index contributed by atoms with van der Waals surface area (Å²) in [5.74, 6) is 0.892. The summed E-state index contributed by atoms with van der Waals surface area (Å²) in [6.45, 7) is 1.72. The van der Waals surface area contributed by atoms with Crippen molar-refractivity contribution in [1.29, 1.82) is 0 Å². The Kier molecular flexibility index (Phi) is 5.55.